The van der Waals surface area contributed by atoms with E-state index in [0.717, 1.165) is 32.8 Å². The second kappa shape index (κ2) is 3.70. The van der Waals surface area contributed by atoms with E-state index < -0.39 is 0 Å². The highest BCUT2D eigenvalue weighted by atomic mass is 16.5. The van der Waals surface area contributed by atoms with E-state index in [-0.39, 0.29) is 12.6 Å². The lowest BCUT2D eigenvalue weighted by molar-refractivity contribution is -0.0307. The minimum absolute atomic E-state index is 0.240. The van der Waals surface area contributed by atoms with Crippen LogP contribution in [0, 0.1) is 0 Å². The Labute approximate surface area is 72.5 Å². The summed E-state index contributed by atoms with van der Waals surface area (Å²) in [5.74, 6) is 0. The first-order valence-corrected chi connectivity index (χ1v) is 4.56. The molecule has 70 valence electrons. The molecule has 0 spiro atoms. The van der Waals surface area contributed by atoms with E-state index in [1.807, 2.05) is 0 Å². The number of ether oxygens (including phenoxy) is 1. The van der Waals surface area contributed by atoms with Crippen molar-refractivity contribution in [2.75, 3.05) is 39.5 Å². The molecule has 0 saturated carbocycles. The number of nitrogens with zero attached hydrogens (tertiary/aromatic N) is 1. The normalized spacial score (nSPS) is 37.8. The summed E-state index contributed by atoms with van der Waals surface area (Å²) < 4.78 is 5.36. The molecule has 12 heavy (non-hydrogen) atoms. The molecule has 0 amide bonds. The van der Waals surface area contributed by atoms with Gasteiger partial charge in [-0.3, -0.25) is 4.90 Å². The number of rotatable bonds is 1. The molecule has 2 aliphatic rings. The molecule has 0 unspecified atom stereocenters. The zero-order chi connectivity index (χ0) is 8.39. The Hall–Kier alpha value is -0.160. The highest BCUT2D eigenvalue weighted by Gasteiger charge is 2.29. The van der Waals surface area contributed by atoms with Crippen molar-refractivity contribution in [3.05, 3.63) is 0 Å². The molecule has 2 heterocycles. The van der Waals surface area contributed by atoms with Gasteiger partial charge in [0.15, 0.2) is 0 Å². The van der Waals surface area contributed by atoms with Crippen LogP contribution >= 0.6 is 0 Å². The van der Waals surface area contributed by atoms with Crippen molar-refractivity contribution in [1.29, 1.82) is 0 Å². The summed E-state index contributed by atoms with van der Waals surface area (Å²) >= 11 is 0. The number of morpholine rings is 1. The molecule has 2 atom stereocenters. The molecule has 0 bridgehead atoms. The molecule has 2 fully saturated rings. The standard InChI is InChI=1S/C8H16N2O2/c11-5-7-4-10-1-2-12-6-8(10)3-9-7/h7-9,11H,1-6H2/t7-,8+/m0/s1. The summed E-state index contributed by atoms with van der Waals surface area (Å²) in [6, 6.07) is 0.792. The fraction of sp³-hybridized carbons (Fsp3) is 1.00. The van der Waals surface area contributed by atoms with E-state index in [9.17, 15) is 0 Å². The summed E-state index contributed by atoms with van der Waals surface area (Å²) in [5, 5.41) is 12.3. The highest BCUT2D eigenvalue weighted by Crippen LogP contribution is 2.10. The summed E-state index contributed by atoms with van der Waals surface area (Å²) in [6.45, 7) is 4.85. The van der Waals surface area contributed by atoms with E-state index in [4.69, 9.17) is 9.84 Å². The Balaban J connectivity index is 1.90. The summed E-state index contributed by atoms with van der Waals surface area (Å²) in [7, 11) is 0. The van der Waals surface area contributed by atoms with Crippen LogP contribution in [0.5, 0.6) is 0 Å². The van der Waals surface area contributed by atoms with Gasteiger partial charge in [-0.2, -0.15) is 0 Å². The van der Waals surface area contributed by atoms with Crippen molar-refractivity contribution in [2.45, 2.75) is 12.1 Å². The monoisotopic (exact) mass is 172 g/mol. The fourth-order valence-electron chi connectivity index (χ4n) is 1.89. The van der Waals surface area contributed by atoms with Gasteiger partial charge in [-0.1, -0.05) is 0 Å². The predicted molar refractivity (Wildman–Crippen MR) is 45.1 cm³/mol. The largest absolute Gasteiger partial charge is 0.395 e. The van der Waals surface area contributed by atoms with Gasteiger partial charge in [-0.15, -0.1) is 0 Å². The third-order valence-electron chi connectivity index (χ3n) is 2.67. The number of fused-ring (bicyclic) bond motifs is 1. The lowest BCUT2D eigenvalue weighted by Crippen LogP contribution is -2.61. The summed E-state index contributed by atoms with van der Waals surface area (Å²) in [5.41, 5.74) is 0. The first kappa shape index (κ1) is 8.44. The zero-order valence-electron chi connectivity index (χ0n) is 7.20. The van der Waals surface area contributed by atoms with E-state index in [2.05, 4.69) is 10.2 Å². The lowest BCUT2D eigenvalue weighted by atomic mass is 10.1. The average molecular weight is 172 g/mol. The van der Waals surface area contributed by atoms with Crippen molar-refractivity contribution < 1.29 is 9.84 Å². The summed E-state index contributed by atoms with van der Waals surface area (Å²) in [4.78, 5) is 2.40. The Kier molecular flexibility index (Phi) is 2.60. The predicted octanol–water partition coefficient (Wildman–Crippen LogP) is -1.35. The molecule has 0 aromatic heterocycles. The molecule has 0 aromatic carbocycles. The minimum Gasteiger partial charge on any atom is -0.395 e. The van der Waals surface area contributed by atoms with Crippen LogP contribution in [0.4, 0.5) is 0 Å². The van der Waals surface area contributed by atoms with Gasteiger partial charge in [0.25, 0.3) is 0 Å². The molecular formula is C8H16N2O2. The number of piperazine rings is 1. The Bertz CT molecular complexity index is 154. The maximum atomic E-state index is 8.96. The maximum Gasteiger partial charge on any atom is 0.0634 e. The number of hydrogen-bond donors (Lipinski definition) is 2. The Morgan fingerprint density at radius 2 is 2.50 bits per heavy atom. The van der Waals surface area contributed by atoms with Crippen LogP contribution in [0.1, 0.15) is 0 Å². The molecule has 2 rings (SSSR count). The quantitative estimate of drug-likeness (QED) is 0.513. The van der Waals surface area contributed by atoms with Crippen molar-refractivity contribution in [3.8, 4) is 0 Å². The molecule has 2 saturated heterocycles. The van der Waals surface area contributed by atoms with Gasteiger partial charge in [-0.25, -0.2) is 0 Å². The molecule has 0 radical (unpaired) electrons. The van der Waals surface area contributed by atoms with Crippen LogP contribution in [0.3, 0.4) is 0 Å². The number of aliphatic hydroxyl groups is 1. The van der Waals surface area contributed by atoms with Crippen LogP contribution in [0.2, 0.25) is 0 Å². The van der Waals surface area contributed by atoms with Gasteiger partial charge < -0.3 is 15.2 Å². The van der Waals surface area contributed by atoms with Crippen LogP contribution in [0.25, 0.3) is 0 Å². The van der Waals surface area contributed by atoms with Gasteiger partial charge in [0.05, 0.1) is 19.8 Å². The van der Waals surface area contributed by atoms with Crippen LogP contribution in [-0.4, -0.2) is 61.5 Å². The molecule has 0 aliphatic carbocycles. The van der Waals surface area contributed by atoms with Crippen LogP contribution in [0.15, 0.2) is 0 Å². The molecule has 4 heteroatoms. The first-order valence-electron chi connectivity index (χ1n) is 4.56. The van der Waals surface area contributed by atoms with Crippen LogP contribution in [-0.2, 0) is 4.74 Å². The topological polar surface area (TPSA) is 44.7 Å². The van der Waals surface area contributed by atoms with E-state index >= 15 is 0 Å². The number of hydrogen-bond acceptors (Lipinski definition) is 4. The fourth-order valence-corrected chi connectivity index (χ4v) is 1.89. The van der Waals surface area contributed by atoms with Crippen molar-refractivity contribution in [3.63, 3.8) is 0 Å². The third-order valence-corrected chi connectivity index (χ3v) is 2.67. The molecule has 2 aliphatic heterocycles. The molecule has 4 nitrogen and oxygen atoms in total. The Morgan fingerprint density at radius 3 is 3.33 bits per heavy atom. The van der Waals surface area contributed by atoms with Gasteiger partial charge in [-0.05, 0) is 0 Å². The zero-order valence-corrected chi connectivity index (χ0v) is 7.20. The second-order valence-corrected chi connectivity index (χ2v) is 3.51. The second-order valence-electron chi connectivity index (χ2n) is 3.51. The van der Waals surface area contributed by atoms with Gasteiger partial charge in [0, 0.05) is 31.7 Å². The van der Waals surface area contributed by atoms with Crippen molar-refractivity contribution >= 4 is 0 Å². The number of aliphatic hydroxyl groups excluding tert-OH is 1. The van der Waals surface area contributed by atoms with Gasteiger partial charge >= 0.3 is 0 Å². The molecular weight excluding hydrogens is 156 g/mol. The third kappa shape index (κ3) is 1.61. The SMILES string of the molecule is OC[C@@H]1CN2CCOC[C@H]2CN1. The van der Waals surface area contributed by atoms with Crippen molar-refractivity contribution in [2.24, 2.45) is 0 Å². The van der Waals surface area contributed by atoms with E-state index in [1.165, 1.54) is 0 Å². The van der Waals surface area contributed by atoms with E-state index in [1.54, 1.807) is 0 Å². The number of nitrogens with one attached hydrogen (secondary N) is 1. The lowest BCUT2D eigenvalue weighted by Gasteiger charge is -2.42. The van der Waals surface area contributed by atoms with Crippen LogP contribution < -0.4 is 5.32 Å². The smallest absolute Gasteiger partial charge is 0.0634 e. The van der Waals surface area contributed by atoms with E-state index in [0.29, 0.717) is 6.04 Å². The maximum absolute atomic E-state index is 8.96. The Morgan fingerprint density at radius 1 is 1.58 bits per heavy atom. The van der Waals surface area contributed by atoms with Crippen molar-refractivity contribution in [1.82, 2.24) is 10.2 Å². The molecule has 2 N–H and O–H groups in total. The van der Waals surface area contributed by atoms with Gasteiger partial charge in [0.1, 0.15) is 0 Å². The summed E-state index contributed by atoms with van der Waals surface area (Å²) in [6.07, 6.45) is 0. The van der Waals surface area contributed by atoms with Gasteiger partial charge in [0.2, 0.25) is 0 Å². The molecule has 0 aromatic rings. The highest BCUT2D eigenvalue weighted by molar-refractivity contribution is 4.87. The minimum atomic E-state index is 0.240. The average Bonchev–Trinajstić information content (AvgIpc) is 2.17. The first-order chi connectivity index (χ1) is 5.90.